The first-order valence-corrected chi connectivity index (χ1v) is 48.4. The van der Waals surface area contributed by atoms with Crippen LogP contribution in [0.15, 0.2) is 0 Å². The second kappa shape index (κ2) is 78.0. The maximum absolute atomic E-state index is 13.2. The lowest BCUT2D eigenvalue weighted by atomic mass is 9.99. The number of unbranched alkanes of at least 4 members (excludes halogenated alkanes) is 53. The Morgan fingerprint density at radius 2 is 0.477 bits per heavy atom. The van der Waals surface area contributed by atoms with Crippen molar-refractivity contribution in [2.75, 3.05) is 39.6 Å². The summed E-state index contributed by atoms with van der Waals surface area (Å²) in [5.74, 6) is 0.365. The molecule has 0 rings (SSSR count). The van der Waals surface area contributed by atoms with Crippen LogP contribution in [0.25, 0.3) is 0 Å². The van der Waals surface area contributed by atoms with Gasteiger partial charge in [0.1, 0.15) is 19.3 Å². The van der Waals surface area contributed by atoms with E-state index in [-0.39, 0.29) is 25.7 Å². The minimum atomic E-state index is -4.97. The van der Waals surface area contributed by atoms with E-state index in [4.69, 9.17) is 37.0 Å². The number of aliphatic hydroxyl groups excluding tert-OH is 1. The van der Waals surface area contributed by atoms with Gasteiger partial charge in [0.25, 0.3) is 0 Å². The zero-order valence-electron chi connectivity index (χ0n) is 70.6. The molecule has 17 nitrogen and oxygen atoms in total. The molecule has 0 aromatic rings. The van der Waals surface area contributed by atoms with Gasteiger partial charge in [-0.05, 0) is 43.4 Å². The van der Waals surface area contributed by atoms with Crippen LogP contribution < -0.4 is 0 Å². The van der Waals surface area contributed by atoms with Crippen LogP contribution in [0.5, 0.6) is 0 Å². The molecule has 0 amide bonds. The maximum Gasteiger partial charge on any atom is 0.472 e. The van der Waals surface area contributed by atoms with E-state index in [9.17, 15) is 43.2 Å². The summed E-state index contributed by atoms with van der Waals surface area (Å²) < 4.78 is 69.0. The third-order valence-electron chi connectivity index (χ3n) is 21.0. The van der Waals surface area contributed by atoms with Crippen molar-refractivity contribution in [2.24, 2.45) is 17.8 Å². The lowest BCUT2D eigenvalue weighted by molar-refractivity contribution is -0.161. The van der Waals surface area contributed by atoms with Gasteiger partial charge in [0.15, 0.2) is 12.2 Å². The third-order valence-corrected chi connectivity index (χ3v) is 22.9. The summed E-state index contributed by atoms with van der Waals surface area (Å²) in [6, 6.07) is 0. The molecule has 3 unspecified atom stereocenters. The first-order valence-electron chi connectivity index (χ1n) is 45.4. The number of rotatable bonds is 86. The minimum absolute atomic E-state index is 0.108. The predicted molar refractivity (Wildman–Crippen MR) is 441 cm³/mol. The molecule has 0 aliphatic carbocycles. The molecule has 0 saturated heterocycles. The molecule has 0 aliphatic heterocycles. The van der Waals surface area contributed by atoms with Crippen molar-refractivity contribution < 1.29 is 80.2 Å². The number of carbonyl (C=O) groups is 4. The molecule has 0 aliphatic rings. The molecular formula is C88H172O17P2. The molecule has 0 aromatic carbocycles. The smallest absolute Gasteiger partial charge is 0.462 e. The standard InChI is InChI=1S/C88H172O17P2/c1-8-10-11-12-13-14-31-41-48-55-62-69-85(90)98-75-83(104-88(93)72-65-58-51-44-37-30-24-22-26-33-39-46-53-60-67-80(5)6)77-102-106(94,95)100-73-82(89)74-101-107(96,97)103-78-84(76-99-86(91)70-63-56-49-42-35-28-23-21-25-32-38-45-52-59-66-79(3)4)105-87(92)71-64-57-50-43-36-29-20-18-16-15-17-19-27-34-40-47-54-61-68-81(7)9-2/h79-84,89H,8-78H2,1-7H3,(H,94,95)(H,96,97)/t81?,82-,83+,84+/m0/s1. The number of hydrogen-bond donors (Lipinski definition) is 3. The molecule has 636 valence electrons. The van der Waals surface area contributed by atoms with Crippen LogP contribution in [-0.4, -0.2) is 96.7 Å². The second-order valence-corrected chi connectivity index (χ2v) is 35.7. The Balaban J connectivity index is 5.24. The Morgan fingerprint density at radius 1 is 0.271 bits per heavy atom. The molecule has 0 heterocycles. The highest BCUT2D eigenvalue weighted by Gasteiger charge is 2.31. The topological polar surface area (TPSA) is 237 Å². The van der Waals surface area contributed by atoms with Crippen molar-refractivity contribution in [2.45, 2.75) is 484 Å². The number of hydrogen-bond acceptors (Lipinski definition) is 15. The molecule has 0 aromatic heterocycles. The van der Waals surface area contributed by atoms with Gasteiger partial charge in [0, 0.05) is 25.7 Å². The number of aliphatic hydroxyl groups is 1. The van der Waals surface area contributed by atoms with Crippen LogP contribution in [0, 0.1) is 17.8 Å². The summed E-state index contributed by atoms with van der Waals surface area (Å²) in [7, 11) is -9.93. The van der Waals surface area contributed by atoms with Crippen molar-refractivity contribution in [3.63, 3.8) is 0 Å². The Labute approximate surface area is 658 Å². The Bertz CT molecular complexity index is 2060. The molecule has 107 heavy (non-hydrogen) atoms. The van der Waals surface area contributed by atoms with Gasteiger partial charge >= 0.3 is 39.5 Å². The quantitative estimate of drug-likeness (QED) is 0.0222. The van der Waals surface area contributed by atoms with E-state index in [0.29, 0.717) is 25.7 Å². The monoisotopic (exact) mass is 1560 g/mol. The summed E-state index contributed by atoms with van der Waals surface area (Å²) in [4.78, 5) is 73.3. The number of carbonyl (C=O) groups excluding carboxylic acids is 4. The van der Waals surface area contributed by atoms with E-state index in [2.05, 4.69) is 48.5 Å². The number of phosphoric ester groups is 2. The van der Waals surface area contributed by atoms with E-state index < -0.39 is 97.5 Å². The van der Waals surface area contributed by atoms with E-state index in [1.54, 1.807) is 0 Å². The fourth-order valence-corrected chi connectivity index (χ4v) is 15.3. The van der Waals surface area contributed by atoms with Crippen molar-refractivity contribution in [1.82, 2.24) is 0 Å². The van der Waals surface area contributed by atoms with Gasteiger partial charge in [0.05, 0.1) is 26.4 Å². The zero-order valence-corrected chi connectivity index (χ0v) is 72.4. The lowest BCUT2D eigenvalue weighted by Crippen LogP contribution is -2.30. The average Bonchev–Trinajstić information content (AvgIpc) is 0.914. The molecule has 6 atom stereocenters. The Hall–Kier alpha value is -1.94. The highest BCUT2D eigenvalue weighted by Crippen LogP contribution is 2.45. The SMILES string of the molecule is CCCCCCCCCCCCCC(=O)OC[C@H](COP(=O)(O)OC[C@H](O)COP(=O)(O)OC[C@@H](COC(=O)CCCCCCCCCCCCCCCCC(C)C)OC(=O)CCCCCCCCCCCCCCCCCCCCC(C)CC)OC(=O)CCCCCCCCCCCCCCCCC(C)C. The van der Waals surface area contributed by atoms with E-state index in [0.717, 1.165) is 108 Å². The first-order chi connectivity index (χ1) is 51.8. The summed E-state index contributed by atoms with van der Waals surface area (Å²) in [6.07, 6.45) is 69.3. The van der Waals surface area contributed by atoms with Gasteiger partial charge in [-0.25, -0.2) is 9.13 Å². The molecule has 19 heteroatoms. The van der Waals surface area contributed by atoms with Crippen molar-refractivity contribution in [3.05, 3.63) is 0 Å². The minimum Gasteiger partial charge on any atom is -0.462 e. The highest BCUT2D eigenvalue weighted by atomic mass is 31.2. The van der Waals surface area contributed by atoms with Gasteiger partial charge in [-0.2, -0.15) is 0 Å². The molecular weight excluding hydrogens is 1390 g/mol. The molecule has 0 radical (unpaired) electrons. The molecule has 0 saturated carbocycles. The molecule has 0 fully saturated rings. The van der Waals surface area contributed by atoms with E-state index >= 15 is 0 Å². The molecule has 0 spiro atoms. The summed E-state index contributed by atoms with van der Waals surface area (Å²) in [5, 5.41) is 10.7. The van der Waals surface area contributed by atoms with Crippen LogP contribution in [0.4, 0.5) is 0 Å². The normalized spacial score (nSPS) is 14.1. The fourth-order valence-electron chi connectivity index (χ4n) is 13.7. The van der Waals surface area contributed by atoms with E-state index in [1.165, 1.54) is 276 Å². The van der Waals surface area contributed by atoms with Crippen LogP contribution in [0.2, 0.25) is 0 Å². The first kappa shape index (κ1) is 105. The van der Waals surface area contributed by atoms with Crippen LogP contribution in [-0.2, 0) is 65.4 Å². The van der Waals surface area contributed by atoms with Gasteiger partial charge in [-0.15, -0.1) is 0 Å². The van der Waals surface area contributed by atoms with Gasteiger partial charge in [-0.1, -0.05) is 414 Å². The van der Waals surface area contributed by atoms with Crippen molar-refractivity contribution in [3.8, 4) is 0 Å². The van der Waals surface area contributed by atoms with Crippen LogP contribution in [0.3, 0.4) is 0 Å². The van der Waals surface area contributed by atoms with Gasteiger partial charge in [0.2, 0.25) is 0 Å². The second-order valence-electron chi connectivity index (χ2n) is 32.8. The third kappa shape index (κ3) is 80.5. The van der Waals surface area contributed by atoms with Crippen LogP contribution >= 0.6 is 15.6 Å². The van der Waals surface area contributed by atoms with Gasteiger partial charge in [-0.3, -0.25) is 37.3 Å². The number of phosphoric acid groups is 2. The van der Waals surface area contributed by atoms with Crippen molar-refractivity contribution in [1.29, 1.82) is 0 Å². The summed E-state index contributed by atoms with van der Waals surface area (Å²) >= 11 is 0. The van der Waals surface area contributed by atoms with E-state index in [1.807, 2.05) is 0 Å². The number of esters is 4. The largest absolute Gasteiger partial charge is 0.472 e. The summed E-state index contributed by atoms with van der Waals surface area (Å²) in [5.41, 5.74) is 0. The maximum atomic E-state index is 13.2. The summed E-state index contributed by atoms with van der Waals surface area (Å²) in [6.45, 7) is 12.1. The van der Waals surface area contributed by atoms with Crippen molar-refractivity contribution >= 4 is 39.5 Å². The fraction of sp³-hybridized carbons (Fsp3) is 0.955. The van der Waals surface area contributed by atoms with Gasteiger partial charge < -0.3 is 33.8 Å². The Kier molecular flexibility index (Phi) is 76.6. The highest BCUT2D eigenvalue weighted by molar-refractivity contribution is 7.47. The zero-order chi connectivity index (χ0) is 78.6. The predicted octanol–water partition coefficient (Wildman–Crippen LogP) is 26.9. The average molecular weight is 1560 g/mol. The molecule has 0 bridgehead atoms. The number of ether oxygens (including phenoxy) is 4. The Morgan fingerprint density at radius 3 is 0.710 bits per heavy atom. The molecule has 3 N–H and O–H groups in total. The lowest BCUT2D eigenvalue weighted by Gasteiger charge is -2.21. The van der Waals surface area contributed by atoms with Crippen LogP contribution in [0.1, 0.15) is 466 Å².